The molecule has 0 bridgehead atoms. The van der Waals surface area contributed by atoms with E-state index in [2.05, 4.69) is 51.0 Å². The van der Waals surface area contributed by atoms with E-state index >= 15 is 0 Å². The van der Waals surface area contributed by atoms with Crippen LogP contribution in [0.1, 0.15) is 52.2 Å². The molecule has 2 aliphatic rings. The molecule has 3 rings (SSSR count). The molecule has 0 atom stereocenters. The molecule has 0 amide bonds. The molecule has 0 saturated carbocycles. The third-order valence-corrected chi connectivity index (χ3v) is 5.20. The lowest BCUT2D eigenvalue weighted by molar-refractivity contribution is 0.00578. The molecule has 124 valence electrons. The molecule has 0 radical (unpaired) electrons. The third kappa shape index (κ3) is 3.04. The fraction of sp³-hybridized carbons (Fsp3) is 0.611. The van der Waals surface area contributed by atoms with E-state index in [1.807, 2.05) is 6.92 Å². The minimum atomic E-state index is -0.322. The number of rotatable bonds is 3. The summed E-state index contributed by atoms with van der Waals surface area (Å²) in [5.41, 5.74) is 4.24. The van der Waals surface area contributed by atoms with E-state index < -0.39 is 0 Å². The van der Waals surface area contributed by atoms with Crippen molar-refractivity contribution in [3.8, 4) is 0 Å². The fourth-order valence-corrected chi connectivity index (χ4v) is 3.10. The molecule has 0 aromatic heterocycles. The van der Waals surface area contributed by atoms with Gasteiger partial charge in [-0.05, 0) is 64.1 Å². The summed E-state index contributed by atoms with van der Waals surface area (Å²) < 4.78 is 12.5. The molecule has 1 heterocycles. The van der Waals surface area contributed by atoms with Crippen LogP contribution >= 0.6 is 0 Å². The Balaban J connectivity index is 1.91. The van der Waals surface area contributed by atoms with Gasteiger partial charge in [0.1, 0.15) is 6.61 Å². The first-order chi connectivity index (χ1) is 10.8. The molecule has 1 aromatic rings. The van der Waals surface area contributed by atoms with E-state index in [0.717, 1.165) is 30.4 Å². The number of nitrogens with zero attached hydrogens (tertiary/aromatic N) is 1. The van der Waals surface area contributed by atoms with E-state index in [1.54, 1.807) is 0 Å². The van der Waals surface area contributed by atoms with Gasteiger partial charge < -0.3 is 14.1 Å². The molecule has 0 spiro atoms. The Morgan fingerprint density at radius 3 is 2.48 bits per heavy atom. The second-order valence-corrected chi connectivity index (χ2v) is 7.33. The first-order valence-electron chi connectivity index (χ1n) is 8.48. The Morgan fingerprint density at radius 2 is 1.83 bits per heavy atom. The lowest BCUT2D eigenvalue weighted by Gasteiger charge is -2.32. The van der Waals surface area contributed by atoms with Crippen molar-refractivity contribution in [3.63, 3.8) is 0 Å². The van der Waals surface area contributed by atoms with Crippen molar-refractivity contribution in [1.82, 2.24) is 0 Å². The quantitative estimate of drug-likeness (QED) is 0.636. The van der Waals surface area contributed by atoms with Crippen LogP contribution in [-0.4, -0.2) is 30.6 Å². The largest absolute Gasteiger partial charge is 0.495 e. The molecule has 1 aliphatic carbocycles. The van der Waals surface area contributed by atoms with Crippen LogP contribution < -0.4 is 5.46 Å². The number of hydrogen-bond acceptors (Lipinski definition) is 4. The van der Waals surface area contributed by atoms with Crippen LogP contribution in [-0.2, 0) is 27.0 Å². The van der Waals surface area contributed by atoms with E-state index in [-0.39, 0.29) is 18.3 Å². The molecular formula is C18H26BNO3. The summed E-state index contributed by atoms with van der Waals surface area (Å²) in [6.45, 7) is 10.9. The van der Waals surface area contributed by atoms with Gasteiger partial charge in [0.05, 0.1) is 16.9 Å². The molecule has 0 N–H and O–H groups in total. The molecule has 4 nitrogen and oxygen atoms in total. The molecular weight excluding hydrogens is 289 g/mol. The monoisotopic (exact) mass is 315 g/mol. The smallest absolute Gasteiger partial charge is 0.399 e. The highest BCUT2D eigenvalue weighted by Crippen LogP contribution is 2.37. The summed E-state index contributed by atoms with van der Waals surface area (Å²) in [5, 5.41) is 4.26. The average Bonchev–Trinajstić information content (AvgIpc) is 2.72. The third-order valence-electron chi connectivity index (χ3n) is 5.20. The second-order valence-electron chi connectivity index (χ2n) is 7.33. The van der Waals surface area contributed by atoms with E-state index in [0.29, 0.717) is 6.61 Å². The zero-order valence-corrected chi connectivity index (χ0v) is 14.8. The van der Waals surface area contributed by atoms with Crippen molar-refractivity contribution in [3.05, 3.63) is 29.3 Å². The Kier molecular flexibility index (Phi) is 4.28. The maximum absolute atomic E-state index is 6.24. The van der Waals surface area contributed by atoms with Crippen LogP contribution in [0.15, 0.2) is 23.4 Å². The van der Waals surface area contributed by atoms with Crippen LogP contribution in [0.3, 0.4) is 0 Å². The van der Waals surface area contributed by atoms with Gasteiger partial charge in [-0.1, -0.05) is 23.4 Å². The zero-order chi connectivity index (χ0) is 16.7. The SMILES string of the molecule is CCON=C1CCc2cccc(B3OC(C)(C)C(C)(C)O3)c2C1. The van der Waals surface area contributed by atoms with E-state index in [1.165, 1.54) is 11.1 Å². The van der Waals surface area contributed by atoms with Gasteiger partial charge in [0.25, 0.3) is 0 Å². The first-order valence-corrected chi connectivity index (χ1v) is 8.48. The predicted octanol–water partition coefficient (Wildman–Crippen LogP) is 2.87. The van der Waals surface area contributed by atoms with Crippen molar-refractivity contribution in [2.24, 2.45) is 5.16 Å². The van der Waals surface area contributed by atoms with Crippen LogP contribution in [0.2, 0.25) is 0 Å². The standard InChI is InChI=1S/C18H26BNO3/c1-6-21-20-14-11-10-13-8-7-9-16(15(13)12-14)19-22-17(2,3)18(4,5)23-19/h7-9H,6,10-12H2,1-5H3. The van der Waals surface area contributed by atoms with Crippen molar-refractivity contribution < 1.29 is 14.1 Å². The predicted molar refractivity (Wildman–Crippen MR) is 93.2 cm³/mol. The summed E-state index contributed by atoms with van der Waals surface area (Å²) in [7, 11) is -0.318. The molecule has 1 saturated heterocycles. The molecule has 0 unspecified atom stereocenters. The topological polar surface area (TPSA) is 40.0 Å². The van der Waals surface area contributed by atoms with Gasteiger partial charge in [-0.25, -0.2) is 0 Å². The highest BCUT2D eigenvalue weighted by Gasteiger charge is 2.52. The molecule has 23 heavy (non-hydrogen) atoms. The van der Waals surface area contributed by atoms with Crippen LogP contribution in [0, 0.1) is 0 Å². The van der Waals surface area contributed by atoms with Crippen molar-refractivity contribution in [2.75, 3.05) is 6.61 Å². The van der Waals surface area contributed by atoms with Crippen molar-refractivity contribution in [2.45, 2.75) is 65.1 Å². The minimum Gasteiger partial charge on any atom is -0.399 e. The Hall–Kier alpha value is -1.33. The Bertz CT molecular complexity index is 609. The number of oxime groups is 1. The molecule has 1 fully saturated rings. The average molecular weight is 315 g/mol. The highest BCUT2D eigenvalue weighted by atomic mass is 16.7. The lowest BCUT2D eigenvalue weighted by atomic mass is 9.71. The number of aryl methyl sites for hydroxylation is 1. The minimum absolute atomic E-state index is 0.318. The fourth-order valence-electron chi connectivity index (χ4n) is 3.10. The molecule has 5 heteroatoms. The summed E-state index contributed by atoms with van der Waals surface area (Å²) in [4.78, 5) is 5.24. The van der Waals surface area contributed by atoms with E-state index in [4.69, 9.17) is 14.1 Å². The van der Waals surface area contributed by atoms with Crippen LogP contribution in [0.5, 0.6) is 0 Å². The number of fused-ring (bicyclic) bond motifs is 1. The Morgan fingerprint density at radius 1 is 1.13 bits per heavy atom. The van der Waals surface area contributed by atoms with Gasteiger partial charge in [-0.2, -0.15) is 0 Å². The Labute approximate surface area is 139 Å². The van der Waals surface area contributed by atoms with Gasteiger partial charge in [0.15, 0.2) is 0 Å². The summed E-state index contributed by atoms with van der Waals surface area (Å²) in [5.74, 6) is 0. The maximum atomic E-state index is 6.24. The summed E-state index contributed by atoms with van der Waals surface area (Å²) in [6.07, 6.45) is 2.77. The zero-order valence-electron chi connectivity index (χ0n) is 14.8. The van der Waals surface area contributed by atoms with Crippen molar-refractivity contribution in [1.29, 1.82) is 0 Å². The summed E-state index contributed by atoms with van der Waals surface area (Å²) in [6, 6.07) is 6.41. The number of benzene rings is 1. The normalized spacial score (nSPS) is 23.9. The first kappa shape index (κ1) is 16.5. The number of hydrogen-bond donors (Lipinski definition) is 0. The van der Waals surface area contributed by atoms with Gasteiger partial charge in [-0.3, -0.25) is 0 Å². The van der Waals surface area contributed by atoms with Crippen LogP contribution in [0.4, 0.5) is 0 Å². The maximum Gasteiger partial charge on any atom is 0.495 e. The van der Waals surface area contributed by atoms with Crippen molar-refractivity contribution >= 4 is 18.3 Å². The highest BCUT2D eigenvalue weighted by molar-refractivity contribution is 6.62. The molecule has 1 aromatic carbocycles. The lowest BCUT2D eigenvalue weighted by Crippen LogP contribution is -2.41. The van der Waals surface area contributed by atoms with Gasteiger partial charge in [-0.15, -0.1) is 0 Å². The second kappa shape index (κ2) is 5.95. The summed E-state index contributed by atoms with van der Waals surface area (Å²) >= 11 is 0. The molecule has 1 aliphatic heterocycles. The van der Waals surface area contributed by atoms with Crippen LogP contribution in [0.25, 0.3) is 0 Å². The van der Waals surface area contributed by atoms with Gasteiger partial charge in [0.2, 0.25) is 0 Å². The van der Waals surface area contributed by atoms with E-state index in [9.17, 15) is 0 Å². The van der Waals surface area contributed by atoms with Gasteiger partial charge >= 0.3 is 7.12 Å². The van der Waals surface area contributed by atoms with Gasteiger partial charge in [0, 0.05) is 6.42 Å².